The van der Waals surface area contributed by atoms with Crippen molar-refractivity contribution in [1.82, 2.24) is 5.32 Å². The number of hydrogen-bond donors (Lipinski definition) is 2. The van der Waals surface area contributed by atoms with Gasteiger partial charge in [0.1, 0.15) is 5.92 Å². The maximum absolute atomic E-state index is 12.9. The number of benzene rings is 2. The van der Waals surface area contributed by atoms with Crippen LogP contribution in [0.2, 0.25) is 0 Å². The number of carbonyl (C=O) groups is 3. The van der Waals surface area contributed by atoms with Gasteiger partial charge in [0.25, 0.3) is 0 Å². The first-order valence-electron chi connectivity index (χ1n) is 10.0. The Balaban J connectivity index is 1.88. The lowest BCUT2D eigenvalue weighted by Gasteiger charge is -2.31. The summed E-state index contributed by atoms with van der Waals surface area (Å²) in [5.74, 6) is -3.65. The van der Waals surface area contributed by atoms with Crippen LogP contribution in [0.4, 0.5) is 5.69 Å². The number of hydrogen-bond acceptors (Lipinski definition) is 6. The number of nitrogens with zero attached hydrogens (tertiary/aromatic N) is 1. The Kier molecular flexibility index (Phi) is 7.95. The topological polar surface area (TPSA) is 108 Å². The Bertz CT molecular complexity index is 1170. The van der Waals surface area contributed by atoms with E-state index in [2.05, 4.69) is 32.6 Å². The molecule has 2 aromatic carbocycles. The normalized spacial score (nSPS) is 17.7. The Labute approximate surface area is 204 Å². The predicted octanol–water partition coefficient (Wildman–Crippen LogP) is 4.18. The third-order valence-corrected chi connectivity index (χ3v) is 6.84. The molecule has 0 bridgehead atoms. The molecule has 0 unspecified atom stereocenters. The maximum Gasteiger partial charge on any atom is 0.319 e. The molecular weight excluding hydrogens is 506 g/mol. The van der Waals surface area contributed by atoms with E-state index in [1.54, 1.807) is 18.2 Å². The van der Waals surface area contributed by atoms with Gasteiger partial charge in [0.05, 0.1) is 35.2 Å². The van der Waals surface area contributed by atoms with Crippen molar-refractivity contribution in [3.05, 3.63) is 74.2 Å². The van der Waals surface area contributed by atoms with Gasteiger partial charge in [-0.05, 0) is 53.0 Å². The first-order chi connectivity index (χ1) is 15.7. The molecule has 1 heterocycles. The molecule has 7 nitrogen and oxygen atoms in total. The second-order valence-corrected chi connectivity index (χ2v) is 9.39. The molecule has 0 fully saturated rings. The van der Waals surface area contributed by atoms with Gasteiger partial charge in [-0.15, -0.1) is 0 Å². The van der Waals surface area contributed by atoms with E-state index in [0.29, 0.717) is 11.3 Å². The third kappa shape index (κ3) is 5.64. The Hall–Kier alpha value is -3.09. The van der Waals surface area contributed by atoms with Gasteiger partial charge in [0.15, 0.2) is 0 Å². The Morgan fingerprint density at radius 1 is 1.18 bits per heavy atom. The highest BCUT2D eigenvalue weighted by Gasteiger charge is 2.44. The molecule has 0 saturated carbocycles. The van der Waals surface area contributed by atoms with Crippen LogP contribution in [-0.4, -0.2) is 30.6 Å². The second kappa shape index (κ2) is 10.7. The minimum atomic E-state index is -1.20. The number of ether oxygens (including phenoxy) is 1. The van der Waals surface area contributed by atoms with Crippen molar-refractivity contribution in [2.24, 2.45) is 5.92 Å². The van der Waals surface area contributed by atoms with Crippen molar-refractivity contribution in [3.63, 3.8) is 0 Å². The number of carbonyl (C=O) groups excluding carboxylic acids is 3. The number of amides is 2. The number of allylic oxidation sites excluding steroid dienone is 1. The summed E-state index contributed by atoms with van der Waals surface area (Å²) in [6, 6.07) is 15.0. The average molecular weight is 528 g/mol. The van der Waals surface area contributed by atoms with Gasteiger partial charge in [-0.1, -0.05) is 47.7 Å². The summed E-state index contributed by atoms with van der Waals surface area (Å²) in [5.41, 5.74) is 3.53. The molecule has 2 amide bonds. The van der Waals surface area contributed by atoms with E-state index in [1.807, 2.05) is 38.1 Å². The molecule has 9 heteroatoms. The van der Waals surface area contributed by atoms with Crippen molar-refractivity contribution >= 4 is 51.2 Å². The standard InChI is InChI=1S/C24H22BrN3O4S/c1-13-4-7-15(8-5-13)20-16(11-26)23(28-22(30)21(20)24(31)32-3)33-12-19(29)27-18-9-6-14(2)10-17(18)25/h4-10,20-21H,12H2,1-3H3,(H,27,29)(H,28,30)/t20-,21-/m1/s1. The number of nitrogens with one attached hydrogen (secondary N) is 2. The smallest absolute Gasteiger partial charge is 0.319 e. The fraction of sp³-hybridized carbons (Fsp3) is 0.250. The summed E-state index contributed by atoms with van der Waals surface area (Å²) < 4.78 is 5.59. The highest BCUT2D eigenvalue weighted by atomic mass is 79.9. The molecule has 2 atom stereocenters. The van der Waals surface area contributed by atoms with E-state index >= 15 is 0 Å². The quantitative estimate of drug-likeness (QED) is 0.431. The highest BCUT2D eigenvalue weighted by molar-refractivity contribution is 9.10. The van der Waals surface area contributed by atoms with Crippen molar-refractivity contribution in [1.29, 1.82) is 5.26 Å². The van der Waals surface area contributed by atoms with Gasteiger partial charge >= 0.3 is 5.97 Å². The number of methoxy groups -OCH3 is 1. The SMILES string of the molecule is COC(=O)[C@H]1C(=O)NC(SCC(=O)Nc2ccc(C)cc2Br)=C(C#N)[C@H]1c1ccc(C)cc1. The van der Waals surface area contributed by atoms with Crippen LogP contribution in [0.25, 0.3) is 0 Å². The van der Waals surface area contributed by atoms with Gasteiger partial charge in [-0.3, -0.25) is 14.4 Å². The molecule has 0 radical (unpaired) electrons. The van der Waals surface area contributed by atoms with E-state index in [9.17, 15) is 19.6 Å². The molecule has 0 spiro atoms. The Morgan fingerprint density at radius 2 is 1.85 bits per heavy atom. The Morgan fingerprint density at radius 3 is 2.45 bits per heavy atom. The molecule has 3 rings (SSSR count). The van der Waals surface area contributed by atoms with Crippen LogP contribution in [0.15, 0.2) is 57.5 Å². The number of rotatable bonds is 6. The zero-order chi connectivity index (χ0) is 24.1. The summed E-state index contributed by atoms with van der Waals surface area (Å²) in [7, 11) is 1.20. The lowest BCUT2D eigenvalue weighted by Crippen LogP contribution is -2.44. The number of aryl methyl sites for hydroxylation is 2. The number of thioether (sulfide) groups is 1. The summed E-state index contributed by atoms with van der Waals surface area (Å²) >= 11 is 4.46. The van der Waals surface area contributed by atoms with Crippen LogP contribution < -0.4 is 10.6 Å². The molecule has 1 aliphatic heterocycles. The second-order valence-electron chi connectivity index (χ2n) is 7.55. The number of halogens is 1. The van der Waals surface area contributed by atoms with E-state index < -0.39 is 23.7 Å². The van der Waals surface area contributed by atoms with Crippen LogP contribution in [0.5, 0.6) is 0 Å². The molecule has 170 valence electrons. The largest absolute Gasteiger partial charge is 0.468 e. The third-order valence-electron chi connectivity index (χ3n) is 5.17. The van der Waals surface area contributed by atoms with Crippen LogP contribution in [-0.2, 0) is 19.1 Å². The van der Waals surface area contributed by atoms with Crippen LogP contribution in [0.1, 0.15) is 22.6 Å². The number of esters is 1. The fourth-order valence-electron chi connectivity index (χ4n) is 3.50. The summed E-state index contributed by atoms with van der Waals surface area (Å²) in [6.07, 6.45) is 0. The first kappa shape index (κ1) is 24.6. The average Bonchev–Trinajstić information content (AvgIpc) is 2.79. The van der Waals surface area contributed by atoms with Gasteiger partial charge in [0, 0.05) is 10.4 Å². The molecular formula is C24H22BrN3O4S. The van der Waals surface area contributed by atoms with Gasteiger partial charge < -0.3 is 15.4 Å². The number of anilines is 1. The van der Waals surface area contributed by atoms with Crippen LogP contribution in [0, 0.1) is 31.1 Å². The molecule has 0 aromatic heterocycles. The van der Waals surface area contributed by atoms with Gasteiger partial charge in [-0.25, -0.2) is 0 Å². The van der Waals surface area contributed by atoms with Crippen molar-refractivity contribution < 1.29 is 19.1 Å². The predicted molar refractivity (Wildman–Crippen MR) is 130 cm³/mol. The van der Waals surface area contributed by atoms with Crippen LogP contribution in [0.3, 0.4) is 0 Å². The van der Waals surface area contributed by atoms with Gasteiger partial charge in [0.2, 0.25) is 11.8 Å². The molecule has 33 heavy (non-hydrogen) atoms. The zero-order valence-corrected chi connectivity index (χ0v) is 20.7. The molecule has 0 aliphatic carbocycles. The van der Waals surface area contributed by atoms with Crippen molar-refractivity contribution in [2.45, 2.75) is 19.8 Å². The van der Waals surface area contributed by atoms with Gasteiger partial charge in [-0.2, -0.15) is 5.26 Å². The molecule has 2 N–H and O–H groups in total. The molecule has 0 saturated heterocycles. The highest BCUT2D eigenvalue weighted by Crippen LogP contribution is 2.40. The van der Waals surface area contributed by atoms with E-state index in [1.165, 1.54) is 7.11 Å². The summed E-state index contributed by atoms with van der Waals surface area (Å²) in [6.45, 7) is 3.86. The van der Waals surface area contributed by atoms with E-state index in [-0.39, 0.29) is 22.3 Å². The first-order valence-corrected chi connectivity index (χ1v) is 11.8. The summed E-state index contributed by atoms with van der Waals surface area (Å²) in [5, 5.41) is 15.6. The molecule has 2 aromatic rings. The minimum absolute atomic E-state index is 0.0371. The lowest BCUT2D eigenvalue weighted by molar-refractivity contribution is -0.150. The monoisotopic (exact) mass is 527 g/mol. The van der Waals surface area contributed by atoms with E-state index in [0.717, 1.165) is 27.4 Å². The van der Waals surface area contributed by atoms with Crippen molar-refractivity contribution in [3.8, 4) is 6.07 Å². The maximum atomic E-state index is 12.9. The van der Waals surface area contributed by atoms with Crippen LogP contribution >= 0.6 is 27.7 Å². The number of nitriles is 1. The van der Waals surface area contributed by atoms with E-state index in [4.69, 9.17) is 4.74 Å². The van der Waals surface area contributed by atoms with Crippen molar-refractivity contribution in [2.75, 3.05) is 18.2 Å². The minimum Gasteiger partial charge on any atom is -0.468 e. The fourth-order valence-corrected chi connectivity index (χ4v) is 4.94. The summed E-state index contributed by atoms with van der Waals surface area (Å²) in [4.78, 5) is 37.8. The lowest BCUT2D eigenvalue weighted by atomic mass is 9.78. The zero-order valence-electron chi connectivity index (χ0n) is 18.3. The molecule has 1 aliphatic rings.